The number of hydrogen-bond donors (Lipinski definition) is 2. The number of hydrogen-bond acceptors (Lipinski definition) is 4. The molecular formula is C15H11F4N5O. The molecule has 0 saturated heterocycles. The smallest absolute Gasteiger partial charge is 0.347 e. The van der Waals surface area contributed by atoms with Crippen LogP contribution in [0.2, 0.25) is 0 Å². The van der Waals surface area contributed by atoms with Crippen molar-refractivity contribution >= 4 is 16.9 Å². The minimum Gasteiger partial charge on any atom is -0.347 e. The van der Waals surface area contributed by atoms with Crippen molar-refractivity contribution in [3.63, 3.8) is 0 Å². The number of amides is 1. The van der Waals surface area contributed by atoms with E-state index in [1.807, 2.05) is 0 Å². The van der Waals surface area contributed by atoms with Gasteiger partial charge < -0.3 is 10.3 Å². The second-order valence-corrected chi connectivity index (χ2v) is 5.16. The molecule has 0 atom stereocenters. The second-order valence-electron chi connectivity index (χ2n) is 5.16. The third-order valence-electron chi connectivity index (χ3n) is 3.33. The van der Waals surface area contributed by atoms with E-state index in [0.29, 0.717) is 16.6 Å². The van der Waals surface area contributed by atoms with Gasteiger partial charge in [0.05, 0.1) is 18.3 Å². The molecule has 0 unspecified atom stereocenters. The van der Waals surface area contributed by atoms with Crippen LogP contribution in [0.1, 0.15) is 5.69 Å². The highest BCUT2D eigenvalue weighted by atomic mass is 19.4. The maximum Gasteiger partial charge on any atom is 0.405 e. The first-order valence-electron chi connectivity index (χ1n) is 7.11. The largest absolute Gasteiger partial charge is 0.405 e. The summed E-state index contributed by atoms with van der Waals surface area (Å²) in [4.78, 5) is 26.5. The number of carbonyl (C=O) groups excluding carboxylic acids is 1. The number of halogens is 4. The fourth-order valence-electron chi connectivity index (χ4n) is 2.23. The lowest BCUT2D eigenvalue weighted by Crippen LogP contribution is -2.35. The first kappa shape index (κ1) is 16.8. The number of nitrogens with one attached hydrogen (secondary N) is 2. The predicted octanol–water partition coefficient (Wildman–Crippen LogP) is 2.38. The minimum absolute atomic E-state index is 0.145. The third-order valence-corrected chi connectivity index (χ3v) is 3.33. The van der Waals surface area contributed by atoms with E-state index in [2.05, 4.69) is 19.9 Å². The molecule has 0 bridgehead atoms. The molecule has 6 nitrogen and oxygen atoms in total. The first-order chi connectivity index (χ1) is 11.8. The van der Waals surface area contributed by atoms with Crippen molar-refractivity contribution in [2.75, 3.05) is 6.54 Å². The molecule has 25 heavy (non-hydrogen) atoms. The zero-order valence-corrected chi connectivity index (χ0v) is 12.6. The van der Waals surface area contributed by atoms with E-state index < -0.39 is 30.9 Å². The van der Waals surface area contributed by atoms with Crippen molar-refractivity contribution in [1.82, 2.24) is 25.3 Å². The van der Waals surface area contributed by atoms with Crippen molar-refractivity contribution in [2.45, 2.75) is 12.6 Å². The van der Waals surface area contributed by atoms with Crippen LogP contribution in [0.3, 0.4) is 0 Å². The van der Waals surface area contributed by atoms with Gasteiger partial charge in [0.15, 0.2) is 11.6 Å². The Balaban J connectivity index is 1.86. The first-order valence-corrected chi connectivity index (χ1v) is 7.11. The van der Waals surface area contributed by atoms with Gasteiger partial charge in [-0.3, -0.25) is 4.79 Å². The van der Waals surface area contributed by atoms with Gasteiger partial charge in [-0.2, -0.15) is 13.2 Å². The molecule has 0 aliphatic rings. The molecule has 2 N–H and O–H groups in total. The number of carbonyl (C=O) groups is 1. The Morgan fingerprint density at radius 1 is 1.24 bits per heavy atom. The van der Waals surface area contributed by atoms with Crippen molar-refractivity contribution < 1.29 is 22.4 Å². The van der Waals surface area contributed by atoms with Crippen LogP contribution in [0.4, 0.5) is 17.6 Å². The van der Waals surface area contributed by atoms with Crippen LogP contribution in [0, 0.1) is 5.82 Å². The molecule has 0 aliphatic carbocycles. The Hall–Kier alpha value is -3.04. The van der Waals surface area contributed by atoms with E-state index in [4.69, 9.17) is 0 Å². The standard InChI is InChI=1S/C15H11F4N5O/c16-10-6-22-14(9-2-4-21-13-8(9)1-3-20-13)24-11(10)5-12(25)23-7-15(17,18)19/h1-4,6H,5,7H2,(H,20,21)(H,23,25). The molecule has 0 saturated carbocycles. The summed E-state index contributed by atoms with van der Waals surface area (Å²) in [5, 5.41) is 2.37. The summed E-state index contributed by atoms with van der Waals surface area (Å²) in [6.07, 6.45) is -1.11. The van der Waals surface area contributed by atoms with Gasteiger partial charge in [-0.25, -0.2) is 19.3 Å². The summed E-state index contributed by atoms with van der Waals surface area (Å²) in [6, 6.07) is 3.36. The average Bonchev–Trinajstić information content (AvgIpc) is 3.03. The summed E-state index contributed by atoms with van der Waals surface area (Å²) < 4.78 is 50.2. The quantitative estimate of drug-likeness (QED) is 0.706. The monoisotopic (exact) mass is 353 g/mol. The van der Waals surface area contributed by atoms with Crippen molar-refractivity contribution in [1.29, 1.82) is 0 Å². The molecule has 10 heteroatoms. The Kier molecular flexibility index (Phi) is 4.34. The van der Waals surface area contributed by atoms with E-state index >= 15 is 0 Å². The Bertz CT molecular complexity index is 922. The Morgan fingerprint density at radius 2 is 2.04 bits per heavy atom. The maximum atomic E-state index is 13.8. The van der Waals surface area contributed by atoms with E-state index in [9.17, 15) is 22.4 Å². The van der Waals surface area contributed by atoms with Crippen LogP contribution < -0.4 is 5.32 Å². The van der Waals surface area contributed by atoms with E-state index in [0.717, 1.165) is 6.20 Å². The van der Waals surface area contributed by atoms with Gasteiger partial charge in [0, 0.05) is 23.3 Å². The van der Waals surface area contributed by atoms with Crippen LogP contribution in [0.15, 0.2) is 30.7 Å². The number of pyridine rings is 1. The van der Waals surface area contributed by atoms with Crippen molar-refractivity contribution in [3.05, 3.63) is 42.2 Å². The number of rotatable bonds is 4. The van der Waals surface area contributed by atoms with Crippen LogP contribution in [-0.2, 0) is 11.2 Å². The summed E-state index contributed by atoms with van der Waals surface area (Å²) in [7, 11) is 0. The van der Waals surface area contributed by atoms with Crippen LogP contribution in [0.25, 0.3) is 22.4 Å². The fraction of sp³-hybridized carbons (Fsp3) is 0.200. The number of alkyl halides is 3. The zero-order chi connectivity index (χ0) is 18.0. The molecule has 3 rings (SSSR count). The molecule has 3 aromatic rings. The van der Waals surface area contributed by atoms with Gasteiger partial charge in [0.25, 0.3) is 0 Å². The summed E-state index contributed by atoms with van der Waals surface area (Å²) >= 11 is 0. The summed E-state index contributed by atoms with van der Waals surface area (Å²) in [5.74, 6) is -1.71. The van der Waals surface area contributed by atoms with Gasteiger partial charge in [-0.15, -0.1) is 0 Å². The van der Waals surface area contributed by atoms with Crippen LogP contribution >= 0.6 is 0 Å². The number of fused-ring (bicyclic) bond motifs is 1. The van der Waals surface area contributed by atoms with E-state index in [1.54, 1.807) is 23.6 Å². The van der Waals surface area contributed by atoms with Gasteiger partial charge in [-0.1, -0.05) is 0 Å². The molecule has 130 valence electrons. The topological polar surface area (TPSA) is 83.6 Å². The molecular weight excluding hydrogens is 342 g/mol. The second kappa shape index (κ2) is 6.46. The fourth-order valence-corrected chi connectivity index (χ4v) is 2.23. The zero-order valence-electron chi connectivity index (χ0n) is 12.6. The molecule has 0 aliphatic heterocycles. The minimum atomic E-state index is -4.54. The number of nitrogens with zero attached hydrogens (tertiary/aromatic N) is 3. The Labute approximate surface area is 138 Å². The average molecular weight is 353 g/mol. The summed E-state index contributed by atoms with van der Waals surface area (Å²) in [5.41, 5.74) is 0.850. The maximum absolute atomic E-state index is 13.8. The van der Waals surface area contributed by atoms with Crippen molar-refractivity contribution in [2.24, 2.45) is 0 Å². The highest BCUT2D eigenvalue weighted by Crippen LogP contribution is 2.24. The highest BCUT2D eigenvalue weighted by molar-refractivity contribution is 5.90. The molecule has 0 spiro atoms. The number of aromatic amines is 1. The molecule has 0 aromatic carbocycles. The SMILES string of the molecule is O=C(Cc1nc(-c2ccnc3[nH]ccc23)ncc1F)NCC(F)(F)F. The van der Waals surface area contributed by atoms with Crippen LogP contribution in [-0.4, -0.2) is 38.6 Å². The van der Waals surface area contributed by atoms with Gasteiger partial charge in [0.2, 0.25) is 5.91 Å². The molecule has 1 amide bonds. The third kappa shape index (κ3) is 3.90. The molecule has 0 fully saturated rings. The lowest BCUT2D eigenvalue weighted by atomic mass is 10.1. The molecule has 0 radical (unpaired) electrons. The molecule has 3 heterocycles. The lowest BCUT2D eigenvalue weighted by Gasteiger charge is -2.09. The van der Waals surface area contributed by atoms with Gasteiger partial charge >= 0.3 is 6.18 Å². The highest BCUT2D eigenvalue weighted by Gasteiger charge is 2.28. The van der Waals surface area contributed by atoms with Crippen LogP contribution in [0.5, 0.6) is 0 Å². The van der Waals surface area contributed by atoms with Gasteiger partial charge in [-0.05, 0) is 12.1 Å². The van der Waals surface area contributed by atoms with E-state index in [1.165, 1.54) is 6.20 Å². The number of aromatic nitrogens is 4. The van der Waals surface area contributed by atoms with Crippen molar-refractivity contribution in [3.8, 4) is 11.4 Å². The number of H-pyrrole nitrogens is 1. The lowest BCUT2D eigenvalue weighted by molar-refractivity contribution is -0.138. The summed E-state index contributed by atoms with van der Waals surface area (Å²) in [6.45, 7) is -1.49. The normalized spacial score (nSPS) is 11.7. The molecule has 3 aromatic heterocycles. The van der Waals surface area contributed by atoms with E-state index in [-0.39, 0.29) is 11.5 Å². The van der Waals surface area contributed by atoms with Gasteiger partial charge in [0.1, 0.15) is 12.2 Å². The predicted molar refractivity (Wildman–Crippen MR) is 79.8 cm³/mol. The Morgan fingerprint density at radius 3 is 2.80 bits per heavy atom.